The Morgan fingerprint density at radius 2 is 2.47 bits per heavy atom. The molecule has 0 bridgehead atoms. The van der Waals surface area contributed by atoms with Crippen LogP contribution in [0.3, 0.4) is 0 Å². The Bertz CT molecular complexity index is 507. The largest absolute Gasteiger partial charge is 0.478 e. The lowest BCUT2D eigenvalue weighted by Gasteiger charge is -1.94. The number of aromatic nitrogens is 2. The van der Waals surface area contributed by atoms with Gasteiger partial charge in [-0.05, 0) is 18.4 Å². The second-order valence-corrected chi connectivity index (χ2v) is 4.02. The Labute approximate surface area is 90.9 Å². The number of nitrogens with zero attached hydrogens (tertiary/aromatic N) is 2. The number of fused-ring (bicyclic) bond motifs is 1. The average molecular weight is 222 g/mol. The summed E-state index contributed by atoms with van der Waals surface area (Å²) in [5.74, 6) is -0.0868. The number of thioether (sulfide) groups is 1. The SMILES string of the molecule is CSCc1cn2ccc(C(=O)O)cc2n1. The van der Waals surface area contributed by atoms with E-state index in [1.807, 2.05) is 16.9 Å². The Morgan fingerprint density at radius 3 is 3.13 bits per heavy atom. The molecule has 2 rings (SSSR count). The molecule has 0 aliphatic heterocycles. The van der Waals surface area contributed by atoms with Gasteiger partial charge in [0.2, 0.25) is 0 Å². The molecule has 0 amide bonds. The van der Waals surface area contributed by atoms with Crippen LogP contribution >= 0.6 is 11.8 Å². The van der Waals surface area contributed by atoms with Gasteiger partial charge < -0.3 is 9.51 Å². The minimum atomic E-state index is -0.924. The molecule has 0 aromatic carbocycles. The zero-order valence-electron chi connectivity index (χ0n) is 8.17. The smallest absolute Gasteiger partial charge is 0.335 e. The lowest BCUT2D eigenvalue weighted by molar-refractivity contribution is 0.0697. The topological polar surface area (TPSA) is 54.6 Å². The van der Waals surface area contributed by atoms with E-state index in [0.29, 0.717) is 5.65 Å². The van der Waals surface area contributed by atoms with Crippen molar-refractivity contribution in [1.29, 1.82) is 0 Å². The van der Waals surface area contributed by atoms with Gasteiger partial charge in [-0.1, -0.05) is 0 Å². The summed E-state index contributed by atoms with van der Waals surface area (Å²) >= 11 is 1.69. The van der Waals surface area contributed by atoms with Crippen molar-refractivity contribution in [1.82, 2.24) is 9.38 Å². The van der Waals surface area contributed by atoms with E-state index in [0.717, 1.165) is 11.4 Å². The van der Waals surface area contributed by atoms with Crippen molar-refractivity contribution in [2.75, 3.05) is 6.26 Å². The first-order valence-electron chi connectivity index (χ1n) is 4.40. The first kappa shape index (κ1) is 10.0. The molecule has 2 aromatic heterocycles. The quantitative estimate of drug-likeness (QED) is 0.861. The van der Waals surface area contributed by atoms with E-state index in [9.17, 15) is 4.79 Å². The van der Waals surface area contributed by atoms with Crippen LogP contribution in [0.4, 0.5) is 0 Å². The number of carboxylic acid groups (broad SMARTS) is 1. The van der Waals surface area contributed by atoms with Crippen molar-refractivity contribution in [2.24, 2.45) is 0 Å². The zero-order chi connectivity index (χ0) is 10.8. The highest BCUT2D eigenvalue weighted by atomic mass is 32.2. The molecule has 0 aliphatic carbocycles. The summed E-state index contributed by atoms with van der Waals surface area (Å²) < 4.78 is 1.83. The normalized spacial score (nSPS) is 10.7. The molecule has 0 aliphatic rings. The number of aromatic carboxylic acids is 1. The number of imidazole rings is 1. The van der Waals surface area contributed by atoms with Crippen molar-refractivity contribution in [3.05, 3.63) is 35.8 Å². The van der Waals surface area contributed by atoms with Crippen LogP contribution in [-0.4, -0.2) is 26.7 Å². The molecule has 2 heterocycles. The van der Waals surface area contributed by atoms with Gasteiger partial charge in [0.15, 0.2) is 0 Å². The average Bonchev–Trinajstić information content (AvgIpc) is 2.59. The molecule has 15 heavy (non-hydrogen) atoms. The van der Waals surface area contributed by atoms with Crippen molar-refractivity contribution in [3.8, 4) is 0 Å². The second-order valence-electron chi connectivity index (χ2n) is 3.15. The maximum atomic E-state index is 10.7. The predicted molar refractivity (Wildman–Crippen MR) is 59.4 cm³/mol. The molecule has 0 atom stereocenters. The van der Waals surface area contributed by atoms with E-state index in [4.69, 9.17) is 5.11 Å². The Hall–Kier alpha value is -1.49. The fraction of sp³-hybridized carbons (Fsp3) is 0.200. The maximum absolute atomic E-state index is 10.7. The summed E-state index contributed by atoms with van der Waals surface area (Å²) in [6, 6.07) is 3.14. The van der Waals surface area contributed by atoms with E-state index < -0.39 is 5.97 Å². The van der Waals surface area contributed by atoms with Gasteiger partial charge in [0, 0.05) is 18.1 Å². The van der Waals surface area contributed by atoms with Crippen LogP contribution in [0.25, 0.3) is 5.65 Å². The number of carbonyl (C=O) groups is 1. The monoisotopic (exact) mass is 222 g/mol. The van der Waals surface area contributed by atoms with Gasteiger partial charge in [-0.25, -0.2) is 9.78 Å². The third kappa shape index (κ3) is 1.97. The van der Waals surface area contributed by atoms with Gasteiger partial charge in [0.1, 0.15) is 5.65 Å². The van der Waals surface area contributed by atoms with Crippen molar-refractivity contribution >= 4 is 23.4 Å². The standard InChI is InChI=1S/C10H10N2O2S/c1-15-6-8-5-12-3-2-7(10(13)14)4-9(12)11-8/h2-5H,6H2,1H3,(H,13,14). The van der Waals surface area contributed by atoms with Crippen LogP contribution in [0.2, 0.25) is 0 Å². The lowest BCUT2D eigenvalue weighted by atomic mass is 10.3. The van der Waals surface area contributed by atoms with Crippen molar-refractivity contribution in [3.63, 3.8) is 0 Å². The number of hydrogen-bond acceptors (Lipinski definition) is 3. The third-order valence-corrected chi connectivity index (χ3v) is 2.63. The number of carboxylic acids is 1. The Morgan fingerprint density at radius 1 is 1.67 bits per heavy atom. The molecule has 2 aromatic rings. The molecule has 1 N–H and O–H groups in total. The highest BCUT2D eigenvalue weighted by Crippen LogP contribution is 2.12. The van der Waals surface area contributed by atoms with Crippen LogP contribution in [0, 0.1) is 0 Å². The van der Waals surface area contributed by atoms with Crippen LogP contribution in [0.5, 0.6) is 0 Å². The molecule has 0 saturated heterocycles. The zero-order valence-corrected chi connectivity index (χ0v) is 8.99. The third-order valence-electron chi connectivity index (χ3n) is 2.05. The van der Waals surface area contributed by atoms with E-state index in [2.05, 4.69) is 4.98 Å². The maximum Gasteiger partial charge on any atom is 0.335 e. The van der Waals surface area contributed by atoms with Crippen molar-refractivity contribution < 1.29 is 9.90 Å². The molecule has 4 nitrogen and oxygen atoms in total. The van der Waals surface area contributed by atoms with Crippen LogP contribution in [0.1, 0.15) is 16.1 Å². The second kappa shape index (κ2) is 3.94. The number of pyridine rings is 1. The summed E-state index contributed by atoms with van der Waals surface area (Å²) in [5.41, 5.74) is 1.91. The van der Waals surface area contributed by atoms with Crippen LogP contribution in [-0.2, 0) is 5.75 Å². The van der Waals surface area contributed by atoms with E-state index >= 15 is 0 Å². The first-order chi connectivity index (χ1) is 7.20. The summed E-state index contributed by atoms with van der Waals surface area (Å²) in [4.78, 5) is 15.1. The minimum Gasteiger partial charge on any atom is -0.478 e. The van der Waals surface area contributed by atoms with Crippen molar-refractivity contribution in [2.45, 2.75) is 5.75 Å². The van der Waals surface area contributed by atoms with E-state index in [1.165, 1.54) is 0 Å². The van der Waals surface area contributed by atoms with Gasteiger partial charge in [0.05, 0.1) is 11.3 Å². The van der Waals surface area contributed by atoms with Gasteiger partial charge in [-0.3, -0.25) is 0 Å². The molecular weight excluding hydrogens is 212 g/mol. The fourth-order valence-corrected chi connectivity index (χ4v) is 1.82. The molecule has 0 spiro atoms. The van der Waals surface area contributed by atoms with Crippen LogP contribution < -0.4 is 0 Å². The molecule has 5 heteroatoms. The van der Waals surface area contributed by atoms with Gasteiger partial charge in [-0.2, -0.15) is 11.8 Å². The predicted octanol–water partition coefficient (Wildman–Crippen LogP) is 1.90. The summed E-state index contributed by atoms with van der Waals surface area (Å²) in [5, 5.41) is 8.81. The molecular formula is C10H10N2O2S. The van der Waals surface area contributed by atoms with Gasteiger partial charge >= 0.3 is 5.97 Å². The Balaban J connectivity index is 2.47. The van der Waals surface area contributed by atoms with Gasteiger partial charge in [0.25, 0.3) is 0 Å². The fourth-order valence-electron chi connectivity index (χ4n) is 1.38. The number of hydrogen-bond donors (Lipinski definition) is 1. The highest BCUT2D eigenvalue weighted by molar-refractivity contribution is 7.97. The lowest BCUT2D eigenvalue weighted by Crippen LogP contribution is -1.96. The Kier molecular flexibility index (Phi) is 2.64. The summed E-state index contributed by atoms with van der Waals surface area (Å²) in [6.07, 6.45) is 5.64. The molecule has 0 fully saturated rings. The summed E-state index contributed by atoms with van der Waals surface area (Å²) in [6.45, 7) is 0. The minimum absolute atomic E-state index is 0.267. The van der Waals surface area contributed by atoms with E-state index in [-0.39, 0.29) is 5.56 Å². The van der Waals surface area contributed by atoms with E-state index in [1.54, 1.807) is 30.1 Å². The molecule has 78 valence electrons. The summed E-state index contributed by atoms with van der Waals surface area (Å²) in [7, 11) is 0. The van der Waals surface area contributed by atoms with Crippen LogP contribution in [0.15, 0.2) is 24.5 Å². The van der Waals surface area contributed by atoms with Gasteiger partial charge in [-0.15, -0.1) is 0 Å². The molecule has 0 radical (unpaired) electrons. The number of rotatable bonds is 3. The molecule has 0 unspecified atom stereocenters. The first-order valence-corrected chi connectivity index (χ1v) is 5.80. The highest BCUT2D eigenvalue weighted by Gasteiger charge is 2.06. The molecule has 0 saturated carbocycles.